The number of nitrogens with zero attached hydrogens (tertiary/aromatic N) is 2. The van der Waals surface area contributed by atoms with Gasteiger partial charge in [0.2, 0.25) is 5.91 Å². The molecule has 0 saturated heterocycles. The van der Waals surface area contributed by atoms with Crippen LogP contribution in [0.3, 0.4) is 0 Å². The summed E-state index contributed by atoms with van der Waals surface area (Å²) in [6.07, 6.45) is 2.24. The lowest BCUT2D eigenvalue weighted by Crippen LogP contribution is -2.20. The van der Waals surface area contributed by atoms with Crippen molar-refractivity contribution in [1.82, 2.24) is 5.01 Å². The van der Waals surface area contributed by atoms with Gasteiger partial charge in [-0.2, -0.15) is 5.10 Å². The van der Waals surface area contributed by atoms with Crippen LogP contribution in [0.15, 0.2) is 29.4 Å². The Morgan fingerprint density at radius 3 is 3.00 bits per heavy atom. The summed E-state index contributed by atoms with van der Waals surface area (Å²) in [4.78, 5) is 11.7. The predicted octanol–water partition coefficient (Wildman–Crippen LogP) is 2.71. The van der Waals surface area contributed by atoms with E-state index in [1.54, 1.807) is 12.1 Å². The molecule has 0 aliphatic carbocycles. The maximum Gasteiger partial charge on any atom is 0.248 e. The monoisotopic (exact) mass is 234 g/mol. The maximum atomic E-state index is 13.0. The third-order valence-electron chi connectivity index (χ3n) is 2.67. The van der Waals surface area contributed by atoms with Gasteiger partial charge in [-0.15, -0.1) is 0 Å². The summed E-state index contributed by atoms with van der Waals surface area (Å²) in [6.45, 7) is 2.41. The average molecular weight is 234 g/mol. The van der Waals surface area contributed by atoms with Crippen molar-refractivity contribution in [3.63, 3.8) is 0 Å². The van der Waals surface area contributed by atoms with Crippen LogP contribution in [0.5, 0.6) is 0 Å². The molecule has 1 amide bonds. The second kappa shape index (κ2) is 5.08. The molecule has 90 valence electrons. The lowest BCUT2D eigenvalue weighted by molar-refractivity contribution is -0.129. The van der Waals surface area contributed by atoms with Crippen LogP contribution in [-0.2, 0) is 11.3 Å². The molecule has 0 N–H and O–H groups in total. The van der Waals surface area contributed by atoms with Crippen molar-refractivity contribution in [3.05, 3.63) is 35.6 Å². The summed E-state index contributed by atoms with van der Waals surface area (Å²) in [6, 6.07) is 6.26. The van der Waals surface area contributed by atoms with E-state index in [1.165, 1.54) is 17.1 Å². The van der Waals surface area contributed by atoms with E-state index >= 15 is 0 Å². The first-order valence-corrected chi connectivity index (χ1v) is 5.80. The average Bonchev–Trinajstić information content (AvgIpc) is 2.60. The van der Waals surface area contributed by atoms with Gasteiger partial charge < -0.3 is 0 Å². The van der Waals surface area contributed by atoms with Gasteiger partial charge in [0.25, 0.3) is 0 Å². The first-order valence-electron chi connectivity index (χ1n) is 5.80. The van der Waals surface area contributed by atoms with Crippen LogP contribution in [0.2, 0.25) is 0 Å². The highest BCUT2D eigenvalue weighted by molar-refractivity contribution is 6.04. The van der Waals surface area contributed by atoms with Crippen LogP contribution in [0.4, 0.5) is 4.39 Å². The van der Waals surface area contributed by atoms with E-state index in [4.69, 9.17) is 0 Å². The van der Waals surface area contributed by atoms with Crippen molar-refractivity contribution in [1.29, 1.82) is 0 Å². The number of rotatable bonds is 4. The molecular weight excluding hydrogens is 219 g/mol. The topological polar surface area (TPSA) is 32.7 Å². The van der Waals surface area contributed by atoms with E-state index < -0.39 is 0 Å². The van der Waals surface area contributed by atoms with Crippen molar-refractivity contribution in [2.24, 2.45) is 5.10 Å². The quantitative estimate of drug-likeness (QED) is 0.788. The fraction of sp³-hybridized carbons (Fsp3) is 0.385. The third-order valence-corrected chi connectivity index (χ3v) is 2.67. The lowest BCUT2D eigenvalue weighted by atomic mass is 10.2. The van der Waals surface area contributed by atoms with Gasteiger partial charge in [-0.3, -0.25) is 4.79 Å². The van der Waals surface area contributed by atoms with Crippen molar-refractivity contribution in [3.8, 4) is 0 Å². The highest BCUT2D eigenvalue weighted by Crippen LogP contribution is 2.16. The SMILES string of the molecule is CCCC1=NN(Cc2cccc(F)c2)C(=O)C1. The normalized spacial score (nSPS) is 15.3. The predicted molar refractivity (Wildman–Crippen MR) is 63.9 cm³/mol. The Morgan fingerprint density at radius 2 is 2.29 bits per heavy atom. The Kier molecular flexibility index (Phi) is 3.52. The van der Waals surface area contributed by atoms with Gasteiger partial charge in [-0.1, -0.05) is 25.5 Å². The summed E-state index contributed by atoms with van der Waals surface area (Å²) < 4.78 is 13.0. The van der Waals surface area contributed by atoms with E-state index in [0.29, 0.717) is 13.0 Å². The number of carbonyl (C=O) groups is 1. The zero-order valence-electron chi connectivity index (χ0n) is 9.82. The molecule has 1 heterocycles. The van der Waals surface area contributed by atoms with Gasteiger partial charge >= 0.3 is 0 Å². The lowest BCUT2D eigenvalue weighted by Gasteiger charge is -2.11. The second-order valence-corrected chi connectivity index (χ2v) is 4.17. The van der Waals surface area contributed by atoms with Crippen molar-refractivity contribution >= 4 is 11.6 Å². The van der Waals surface area contributed by atoms with Crippen LogP contribution in [0.1, 0.15) is 31.7 Å². The summed E-state index contributed by atoms with van der Waals surface area (Å²) in [5.74, 6) is -0.287. The molecule has 1 aliphatic rings. The van der Waals surface area contributed by atoms with Gasteiger partial charge in [-0.05, 0) is 24.1 Å². The fourth-order valence-corrected chi connectivity index (χ4v) is 1.89. The molecule has 0 spiro atoms. The highest BCUT2D eigenvalue weighted by Gasteiger charge is 2.22. The molecular formula is C13H15FN2O. The van der Waals surface area contributed by atoms with Crippen molar-refractivity contribution in [2.75, 3.05) is 0 Å². The minimum absolute atomic E-state index is 0.00212. The Hall–Kier alpha value is -1.71. The molecule has 4 heteroatoms. The third kappa shape index (κ3) is 2.90. The van der Waals surface area contributed by atoms with Gasteiger partial charge in [0.15, 0.2) is 0 Å². The van der Waals surface area contributed by atoms with E-state index in [2.05, 4.69) is 12.0 Å². The van der Waals surface area contributed by atoms with Gasteiger partial charge in [0.1, 0.15) is 5.82 Å². The Labute approximate surface area is 99.9 Å². The molecule has 0 atom stereocenters. The molecule has 1 aromatic carbocycles. The number of hydrazone groups is 1. The van der Waals surface area contributed by atoms with Crippen LogP contribution >= 0.6 is 0 Å². The van der Waals surface area contributed by atoms with Crippen LogP contribution in [-0.4, -0.2) is 16.6 Å². The van der Waals surface area contributed by atoms with E-state index in [9.17, 15) is 9.18 Å². The highest BCUT2D eigenvalue weighted by atomic mass is 19.1. The van der Waals surface area contributed by atoms with Crippen LogP contribution in [0, 0.1) is 5.82 Å². The summed E-state index contributed by atoms with van der Waals surface area (Å²) in [5.41, 5.74) is 1.69. The minimum Gasteiger partial charge on any atom is -0.273 e. The first kappa shape index (κ1) is 11.8. The largest absolute Gasteiger partial charge is 0.273 e. The fourth-order valence-electron chi connectivity index (χ4n) is 1.89. The number of hydrogen-bond acceptors (Lipinski definition) is 2. The maximum absolute atomic E-state index is 13.0. The standard InChI is InChI=1S/C13H15FN2O/c1-2-4-12-8-13(17)16(15-12)9-10-5-3-6-11(14)7-10/h3,5-7H,2,4,8-9H2,1H3. The molecule has 0 fully saturated rings. The Bertz CT molecular complexity index is 456. The van der Waals surface area contributed by atoms with Gasteiger partial charge in [0.05, 0.1) is 13.0 Å². The molecule has 3 nitrogen and oxygen atoms in total. The zero-order chi connectivity index (χ0) is 12.3. The summed E-state index contributed by atoms with van der Waals surface area (Å²) in [5, 5.41) is 5.69. The summed E-state index contributed by atoms with van der Waals surface area (Å²) in [7, 11) is 0. The molecule has 1 aromatic rings. The smallest absolute Gasteiger partial charge is 0.248 e. The van der Waals surface area contributed by atoms with Crippen LogP contribution < -0.4 is 0 Å². The molecule has 0 bridgehead atoms. The molecule has 0 saturated carbocycles. The van der Waals surface area contributed by atoms with Gasteiger partial charge in [0, 0.05) is 5.71 Å². The molecule has 0 aromatic heterocycles. The summed E-state index contributed by atoms with van der Waals surface area (Å²) >= 11 is 0. The van der Waals surface area contributed by atoms with Crippen molar-refractivity contribution < 1.29 is 9.18 Å². The minimum atomic E-state index is -0.285. The number of amides is 1. The molecule has 1 aliphatic heterocycles. The second-order valence-electron chi connectivity index (χ2n) is 4.17. The van der Waals surface area contributed by atoms with Gasteiger partial charge in [-0.25, -0.2) is 9.40 Å². The Morgan fingerprint density at radius 1 is 1.47 bits per heavy atom. The first-order chi connectivity index (χ1) is 8.19. The Balaban J connectivity index is 2.06. The van der Waals surface area contributed by atoms with Crippen molar-refractivity contribution in [2.45, 2.75) is 32.7 Å². The molecule has 2 rings (SSSR count). The number of benzene rings is 1. The molecule has 0 unspecified atom stereocenters. The van der Waals surface area contributed by atoms with E-state index in [-0.39, 0.29) is 11.7 Å². The van der Waals surface area contributed by atoms with E-state index in [1.807, 2.05) is 0 Å². The van der Waals surface area contributed by atoms with E-state index in [0.717, 1.165) is 24.1 Å². The number of hydrogen-bond donors (Lipinski definition) is 0. The molecule has 0 radical (unpaired) electrons. The number of halogens is 1. The van der Waals surface area contributed by atoms with Crippen LogP contribution in [0.25, 0.3) is 0 Å². The number of carbonyl (C=O) groups excluding carboxylic acids is 1. The molecule has 17 heavy (non-hydrogen) atoms. The zero-order valence-corrected chi connectivity index (χ0v) is 9.82.